The summed E-state index contributed by atoms with van der Waals surface area (Å²) in [7, 11) is 0. The molecule has 0 fully saturated rings. The quantitative estimate of drug-likeness (QED) is 0.181. The molecule has 0 saturated heterocycles. The van der Waals surface area contributed by atoms with Crippen LogP contribution in [0.15, 0.2) is 12.2 Å². The van der Waals surface area contributed by atoms with E-state index in [0.717, 1.165) is 6.42 Å². The molecule has 0 aromatic carbocycles. The van der Waals surface area contributed by atoms with Gasteiger partial charge in [0.05, 0.1) is 6.54 Å². The number of hydrogen-bond acceptors (Lipinski definition) is 7. The molecule has 1 atom stereocenters. The third-order valence-electron chi connectivity index (χ3n) is 2.31. The number of carbonyl (C=O) groups is 3. The van der Waals surface area contributed by atoms with Gasteiger partial charge in [0.15, 0.2) is 0 Å². The molecule has 0 rings (SSSR count). The van der Waals surface area contributed by atoms with Crippen molar-refractivity contribution in [1.82, 2.24) is 10.6 Å². The van der Waals surface area contributed by atoms with Gasteiger partial charge in [0, 0.05) is 12.1 Å². The summed E-state index contributed by atoms with van der Waals surface area (Å²) in [6.45, 7) is 7.06. The number of esters is 1. The number of carbonyl (C=O) groups excluding carboxylic acids is 3. The first kappa shape index (κ1) is 21.1. The first-order valence-corrected chi connectivity index (χ1v) is 7.78. The Labute approximate surface area is 141 Å². The van der Waals surface area contributed by atoms with Gasteiger partial charge in [0.2, 0.25) is 0 Å². The Morgan fingerprint density at radius 1 is 1.13 bits per heavy atom. The lowest BCUT2D eigenvalue weighted by Crippen LogP contribution is -2.34. The van der Waals surface area contributed by atoms with Gasteiger partial charge in [-0.25, -0.2) is 14.4 Å². The smallest absolute Gasteiger partial charge is 0.407 e. The van der Waals surface area contributed by atoms with E-state index in [1.54, 1.807) is 6.92 Å². The zero-order chi connectivity index (χ0) is 17.7. The van der Waals surface area contributed by atoms with E-state index in [2.05, 4.69) is 29.8 Å². The van der Waals surface area contributed by atoms with Crippen LogP contribution in [0.25, 0.3) is 0 Å². The third kappa shape index (κ3) is 12.3. The van der Waals surface area contributed by atoms with Crippen molar-refractivity contribution < 1.29 is 28.6 Å². The topological polar surface area (TPSA) is 103 Å². The molecule has 0 radical (unpaired) electrons. The molecule has 0 saturated carbocycles. The molecule has 132 valence electrons. The fraction of sp³-hybridized carbons (Fsp3) is 0.643. The van der Waals surface area contributed by atoms with E-state index in [4.69, 9.17) is 14.2 Å². The summed E-state index contributed by atoms with van der Waals surface area (Å²) in [4.78, 5) is 33.8. The highest BCUT2D eigenvalue weighted by molar-refractivity contribution is 7.80. The summed E-state index contributed by atoms with van der Waals surface area (Å²) in [5, 5.41) is 4.94. The molecule has 0 bridgehead atoms. The molecular weight excluding hydrogens is 324 g/mol. The van der Waals surface area contributed by atoms with Gasteiger partial charge >= 0.3 is 18.2 Å². The molecule has 8 nitrogen and oxygen atoms in total. The lowest BCUT2D eigenvalue weighted by molar-refractivity contribution is -0.138. The Kier molecular flexibility index (Phi) is 11.6. The predicted molar refractivity (Wildman–Crippen MR) is 87.5 cm³/mol. The zero-order valence-corrected chi connectivity index (χ0v) is 14.3. The molecule has 0 heterocycles. The van der Waals surface area contributed by atoms with Gasteiger partial charge in [0.1, 0.15) is 19.3 Å². The lowest BCUT2D eigenvalue weighted by atomic mass is 10.4. The van der Waals surface area contributed by atoms with Crippen molar-refractivity contribution in [2.75, 3.05) is 32.1 Å². The first-order chi connectivity index (χ1) is 10.9. The zero-order valence-electron chi connectivity index (χ0n) is 13.4. The summed E-state index contributed by atoms with van der Waals surface area (Å²) in [5.74, 6) is 0.145. The van der Waals surface area contributed by atoms with Gasteiger partial charge in [0.25, 0.3) is 0 Å². The summed E-state index contributed by atoms with van der Waals surface area (Å²) < 4.78 is 14.6. The molecule has 0 aliphatic heterocycles. The number of nitrogens with one attached hydrogen (secondary N) is 2. The minimum atomic E-state index is -0.692. The standard InChI is InChI=1S/C14H24N2O6S/c1-10(2)12(17)20-7-6-16-13(18)21-9-11(3)22-14(19)15-5-4-8-23/h11,23H,1,4-9H2,2-3H3,(H,15,19)(H,16,18). The number of hydrogen-bond donors (Lipinski definition) is 3. The van der Waals surface area contributed by atoms with E-state index in [1.807, 2.05) is 0 Å². The average Bonchev–Trinajstić information content (AvgIpc) is 2.49. The number of rotatable bonds is 10. The van der Waals surface area contributed by atoms with E-state index in [0.29, 0.717) is 12.3 Å². The molecule has 0 aromatic heterocycles. The predicted octanol–water partition coefficient (Wildman–Crippen LogP) is 1.27. The van der Waals surface area contributed by atoms with Crippen molar-refractivity contribution in [3.05, 3.63) is 12.2 Å². The molecule has 2 amide bonds. The van der Waals surface area contributed by atoms with Gasteiger partial charge < -0.3 is 24.8 Å². The Hall–Kier alpha value is -1.90. The van der Waals surface area contributed by atoms with Crippen molar-refractivity contribution >= 4 is 30.8 Å². The monoisotopic (exact) mass is 348 g/mol. The highest BCUT2D eigenvalue weighted by atomic mass is 32.1. The minimum absolute atomic E-state index is 0.0143. The molecule has 0 spiro atoms. The number of thiol groups is 1. The van der Waals surface area contributed by atoms with Crippen LogP contribution >= 0.6 is 12.6 Å². The minimum Gasteiger partial charge on any atom is -0.460 e. The van der Waals surface area contributed by atoms with Gasteiger partial charge in [-0.1, -0.05) is 6.58 Å². The molecule has 0 aliphatic rings. The maximum absolute atomic E-state index is 11.4. The van der Waals surface area contributed by atoms with Gasteiger partial charge in [-0.15, -0.1) is 0 Å². The normalized spacial score (nSPS) is 11.1. The number of alkyl carbamates (subject to hydrolysis) is 2. The Morgan fingerprint density at radius 3 is 2.39 bits per heavy atom. The number of ether oxygens (including phenoxy) is 3. The van der Waals surface area contributed by atoms with E-state index in [1.165, 1.54) is 6.92 Å². The van der Waals surface area contributed by atoms with Crippen LogP contribution in [0.4, 0.5) is 9.59 Å². The highest BCUT2D eigenvalue weighted by Gasteiger charge is 2.11. The van der Waals surface area contributed by atoms with Crippen LogP contribution in [0.2, 0.25) is 0 Å². The second kappa shape index (κ2) is 12.6. The maximum atomic E-state index is 11.4. The van der Waals surface area contributed by atoms with Crippen molar-refractivity contribution in [2.24, 2.45) is 0 Å². The van der Waals surface area contributed by atoms with Crippen LogP contribution in [0.5, 0.6) is 0 Å². The fourth-order valence-electron chi connectivity index (χ4n) is 1.19. The van der Waals surface area contributed by atoms with Crippen LogP contribution < -0.4 is 10.6 Å². The fourth-order valence-corrected chi connectivity index (χ4v) is 1.35. The summed E-state index contributed by atoms with van der Waals surface area (Å²) in [6, 6.07) is 0. The Balaban J connectivity index is 3.69. The van der Waals surface area contributed by atoms with Gasteiger partial charge in [-0.05, 0) is 26.0 Å². The largest absolute Gasteiger partial charge is 0.460 e. The van der Waals surface area contributed by atoms with Crippen molar-refractivity contribution in [2.45, 2.75) is 26.4 Å². The molecule has 0 aliphatic carbocycles. The van der Waals surface area contributed by atoms with Crippen LogP contribution in [0, 0.1) is 0 Å². The molecule has 0 aromatic rings. The Morgan fingerprint density at radius 2 is 1.78 bits per heavy atom. The van der Waals surface area contributed by atoms with Gasteiger partial charge in [-0.2, -0.15) is 12.6 Å². The van der Waals surface area contributed by atoms with Crippen molar-refractivity contribution in [1.29, 1.82) is 0 Å². The van der Waals surface area contributed by atoms with E-state index in [9.17, 15) is 14.4 Å². The van der Waals surface area contributed by atoms with Gasteiger partial charge in [-0.3, -0.25) is 0 Å². The van der Waals surface area contributed by atoms with Crippen LogP contribution in [0.1, 0.15) is 20.3 Å². The molecule has 2 N–H and O–H groups in total. The Bertz CT molecular complexity index is 416. The van der Waals surface area contributed by atoms with Crippen LogP contribution in [0.3, 0.4) is 0 Å². The molecular formula is C14H24N2O6S. The van der Waals surface area contributed by atoms with E-state index >= 15 is 0 Å². The van der Waals surface area contributed by atoms with Crippen molar-refractivity contribution in [3.8, 4) is 0 Å². The van der Waals surface area contributed by atoms with E-state index < -0.39 is 24.3 Å². The summed E-state index contributed by atoms with van der Waals surface area (Å²) in [6.07, 6.45) is -1.11. The number of amides is 2. The van der Waals surface area contributed by atoms with Crippen LogP contribution in [-0.4, -0.2) is 56.3 Å². The lowest BCUT2D eigenvalue weighted by Gasteiger charge is -2.14. The third-order valence-corrected chi connectivity index (χ3v) is 2.63. The second-order valence-electron chi connectivity index (χ2n) is 4.66. The molecule has 1 unspecified atom stereocenters. The molecule has 9 heteroatoms. The first-order valence-electron chi connectivity index (χ1n) is 7.15. The highest BCUT2D eigenvalue weighted by Crippen LogP contribution is 1.94. The molecule has 23 heavy (non-hydrogen) atoms. The second-order valence-corrected chi connectivity index (χ2v) is 5.11. The van der Waals surface area contributed by atoms with Crippen molar-refractivity contribution in [3.63, 3.8) is 0 Å². The maximum Gasteiger partial charge on any atom is 0.407 e. The summed E-state index contributed by atoms with van der Waals surface area (Å²) >= 11 is 4.02. The van der Waals surface area contributed by atoms with Crippen LogP contribution in [-0.2, 0) is 19.0 Å². The SMILES string of the molecule is C=C(C)C(=O)OCCNC(=O)OCC(C)OC(=O)NCCCS. The van der Waals surface area contributed by atoms with E-state index in [-0.39, 0.29) is 25.3 Å². The summed E-state index contributed by atoms with van der Waals surface area (Å²) in [5.41, 5.74) is 0.284. The average molecular weight is 348 g/mol.